The van der Waals surface area contributed by atoms with Gasteiger partial charge in [-0.1, -0.05) is 54.2 Å². The highest BCUT2D eigenvalue weighted by Crippen LogP contribution is 2.17. The lowest BCUT2D eigenvalue weighted by molar-refractivity contribution is -0.148. The number of amides is 2. The molecule has 1 aromatic heterocycles. The summed E-state index contributed by atoms with van der Waals surface area (Å²) >= 11 is 0. The number of rotatable bonds is 12. The van der Waals surface area contributed by atoms with E-state index in [1.54, 1.807) is 18.2 Å². The molecule has 4 unspecified atom stereocenters. The van der Waals surface area contributed by atoms with Crippen LogP contribution in [0.25, 0.3) is 6.08 Å². The van der Waals surface area contributed by atoms with Crippen LogP contribution in [0.2, 0.25) is 0 Å². The summed E-state index contributed by atoms with van der Waals surface area (Å²) in [6.45, 7) is 5.41. The van der Waals surface area contributed by atoms with E-state index in [-0.39, 0.29) is 17.7 Å². The Kier molecular flexibility index (Phi) is 11.1. The van der Waals surface area contributed by atoms with Gasteiger partial charge in [-0.2, -0.15) is 0 Å². The van der Waals surface area contributed by atoms with Crippen molar-refractivity contribution >= 4 is 29.8 Å². The highest BCUT2D eigenvalue weighted by atomic mass is 16.5. The molecule has 0 saturated carbocycles. The van der Waals surface area contributed by atoms with Gasteiger partial charge in [0.15, 0.2) is 12.1 Å². The third-order valence-electron chi connectivity index (χ3n) is 5.19. The molecule has 2 rings (SSSR count). The molecule has 10 heteroatoms. The van der Waals surface area contributed by atoms with Crippen molar-refractivity contribution in [3.8, 4) is 0 Å². The van der Waals surface area contributed by atoms with E-state index in [2.05, 4.69) is 15.3 Å². The number of aliphatic carboxylic acids is 1. The summed E-state index contributed by atoms with van der Waals surface area (Å²) in [5.74, 6) is -2.99. The standard InChI is InChI=1S/C27H32N4O6/c1-17(16-21-19(3)37-22(30-21)14-13-20-12-9-15-29-20)10-7-5-4-6-8-11-18(2)26(34)31-23(27(35)36)24(32)25(28)33/h4-16,19,21,23-24,29,32H,1-3H3,(H2,28,33)(H,31,34)(H,35,36). The quantitative estimate of drug-likeness (QED) is 0.214. The van der Waals surface area contributed by atoms with Gasteiger partial charge in [-0.15, -0.1) is 0 Å². The molecule has 4 atom stereocenters. The maximum absolute atomic E-state index is 12.1. The first-order valence-corrected chi connectivity index (χ1v) is 11.5. The number of ether oxygens (including phenoxy) is 1. The summed E-state index contributed by atoms with van der Waals surface area (Å²) in [6, 6.07) is 1.95. The lowest BCUT2D eigenvalue weighted by Gasteiger charge is -2.17. The Labute approximate surface area is 215 Å². The fraction of sp³-hybridized carbons (Fsp3) is 0.259. The number of carbonyl (C=O) groups excluding carboxylic acids is 2. The zero-order valence-corrected chi connectivity index (χ0v) is 20.9. The third-order valence-corrected chi connectivity index (χ3v) is 5.19. The maximum atomic E-state index is 12.1. The number of aliphatic hydroxyl groups excluding tert-OH is 1. The van der Waals surface area contributed by atoms with Gasteiger partial charge in [0, 0.05) is 23.5 Å². The molecule has 0 fully saturated rings. The van der Waals surface area contributed by atoms with E-state index in [0.29, 0.717) is 5.90 Å². The number of H-pyrrole nitrogens is 1. The van der Waals surface area contributed by atoms with Gasteiger partial charge in [0.2, 0.25) is 17.7 Å². The molecule has 0 radical (unpaired) electrons. The SMILES string of the molecule is CC(C=CC=CC=CC=C(C)C(=O)NC(C(=O)O)C(O)C(N)=O)=CC1N=C(C=Cc2ccc[nH]2)OC1C. The van der Waals surface area contributed by atoms with Gasteiger partial charge in [0.25, 0.3) is 0 Å². The van der Waals surface area contributed by atoms with E-state index >= 15 is 0 Å². The van der Waals surface area contributed by atoms with Crippen LogP contribution in [0.3, 0.4) is 0 Å². The Balaban J connectivity index is 1.87. The van der Waals surface area contributed by atoms with Crippen LogP contribution in [0.15, 0.2) is 89.2 Å². The van der Waals surface area contributed by atoms with Crippen molar-refractivity contribution in [1.82, 2.24) is 10.3 Å². The summed E-state index contributed by atoms with van der Waals surface area (Å²) in [4.78, 5) is 42.0. The summed E-state index contributed by atoms with van der Waals surface area (Å²) in [6.07, 6.45) is 17.6. The summed E-state index contributed by atoms with van der Waals surface area (Å²) in [5, 5.41) is 20.7. The summed E-state index contributed by atoms with van der Waals surface area (Å²) in [5.41, 5.74) is 7.07. The van der Waals surface area contributed by atoms with Gasteiger partial charge in [-0.05, 0) is 39.0 Å². The van der Waals surface area contributed by atoms with Crippen LogP contribution in [-0.4, -0.2) is 63.2 Å². The lowest BCUT2D eigenvalue weighted by atomic mass is 10.1. The van der Waals surface area contributed by atoms with E-state index in [0.717, 1.165) is 11.3 Å². The number of carbonyl (C=O) groups is 3. The Hall–Kier alpha value is -4.44. The molecule has 0 bridgehead atoms. The Morgan fingerprint density at radius 3 is 2.51 bits per heavy atom. The zero-order valence-electron chi connectivity index (χ0n) is 20.9. The Bertz CT molecular complexity index is 1170. The molecular weight excluding hydrogens is 476 g/mol. The highest BCUT2D eigenvalue weighted by Gasteiger charge is 2.32. The van der Waals surface area contributed by atoms with Crippen LogP contribution in [-0.2, 0) is 19.1 Å². The first kappa shape index (κ1) is 28.8. The van der Waals surface area contributed by atoms with Crippen LogP contribution in [0.1, 0.15) is 26.5 Å². The number of carboxylic acid groups (broad SMARTS) is 1. The molecule has 0 aromatic carbocycles. The normalized spacial score (nSPS) is 20.5. The molecule has 0 saturated heterocycles. The van der Waals surface area contributed by atoms with Crippen LogP contribution in [0.5, 0.6) is 0 Å². The Morgan fingerprint density at radius 1 is 1.16 bits per heavy atom. The van der Waals surface area contributed by atoms with Crippen molar-refractivity contribution in [2.45, 2.75) is 45.1 Å². The van der Waals surface area contributed by atoms with Gasteiger partial charge in [-0.3, -0.25) is 9.59 Å². The zero-order chi connectivity index (χ0) is 27.4. The molecular formula is C27H32N4O6. The summed E-state index contributed by atoms with van der Waals surface area (Å²) in [7, 11) is 0. The van der Waals surface area contributed by atoms with Crippen LogP contribution < -0.4 is 11.1 Å². The number of nitrogens with zero attached hydrogens (tertiary/aromatic N) is 1. The van der Waals surface area contributed by atoms with Crippen molar-refractivity contribution in [3.63, 3.8) is 0 Å². The number of aliphatic hydroxyl groups is 1. The van der Waals surface area contributed by atoms with Crippen molar-refractivity contribution in [1.29, 1.82) is 0 Å². The number of nitrogens with one attached hydrogen (secondary N) is 2. The van der Waals surface area contributed by atoms with E-state index < -0.39 is 29.9 Å². The number of primary amides is 1. The van der Waals surface area contributed by atoms with E-state index in [4.69, 9.17) is 15.6 Å². The second-order valence-electron chi connectivity index (χ2n) is 8.27. The monoisotopic (exact) mass is 508 g/mol. The van der Waals surface area contributed by atoms with Gasteiger partial charge < -0.3 is 31.0 Å². The number of aromatic amines is 1. The molecule has 2 amide bonds. The maximum Gasteiger partial charge on any atom is 0.329 e. The lowest BCUT2D eigenvalue weighted by Crippen LogP contribution is -2.53. The van der Waals surface area contributed by atoms with Crippen molar-refractivity contribution in [3.05, 3.63) is 89.9 Å². The first-order chi connectivity index (χ1) is 17.6. The Morgan fingerprint density at radius 2 is 1.86 bits per heavy atom. The molecule has 2 heterocycles. The molecule has 0 spiro atoms. The number of hydrogen-bond donors (Lipinski definition) is 5. The van der Waals surface area contributed by atoms with Crippen molar-refractivity contribution in [2.75, 3.05) is 0 Å². The van der Waals surface area contributed by atoms with E-state index in [9.17, 15) is 19.5 Å². The third kappa shape index (κ3) is 9.61. The topological polar surface area (TPSA) is 167 Å². The second-order valence-corrected chi connectivity index (χ2v) is 8.27. The van der Waals surface area contributed by atoms with Gasteiger partial charge in [0.1, 0.15) is 12.1 Å². The molecule has 0 aliphatic carbocycles. The van der Waals surface area contributed by atoms with E-state index in [1.165, 1.54) is 13.0 Å². The fourth-order valence-corrected chi connectivity index (χ4v) is 3.10. The molecule has 37 heavy (non-hydrogen) atoms. The van der Waals surface area contributed by atoms with Crippen molar-refractivity contribution in [2.24, 2.45) is 10.7 Å². The minimum absolute atomic E-state index is 0.0674. The molecule has 10 nitrogen and oxygen atoms in total. The van der Waals surface area contributed by atoms with Gasteiger partial charge in [-0.25, -0.2) is 9.79 Å². The minimum atomic E-state index is -2.04. The number of aliphatic imine (C=N–C) groups is 1. The van der Waals surface area contributed by atoms with Crippen LogP contribution in [0, 0.1) is 0 Å². The minimum Gasteiger partial charge on any atom is -0.480 e. The largest absolute Gasteiger partial charge is 0.480 e. The van der Waals surface area contributed by atoms with Crippen LogP contribution in [0.4, 0.5) is 0 Å². The molecule has 196 valence electrons. The predicted molar refractivity (Wildman–Crippen MR) is 141 cm³/mol. The van der Waals surface area contributed by atoms with Gasteiger partial charge >= 0.3 is 5.97 Å². The molecule has 6 N–H and O–H groups in total. The number of nitrogens with two attached hydrogens (primary N) is 1. The highest BCUT2D eigenvalue weighted by molar-refractivity contribution is 5.97. The average molecular weight is 509 g/mol. The predicted octanol–water partition coefficient (Wildman–Crippen LogP) is 2.19. The summed E-state index contributed by atoms with van der Waals surface area (Å²) < 4.78 is 5.80. The smallest absolute Gasteiger partial charge is 0.329 e. The number of allylic oxidation sites excluding steroid dienone is 8. The molecule has 1 aliphatic rings. The number of hydrogen-bond acceptors (Lipinski definition) is 6. The molecule has 1 aliphatic heterocycles. The number of carboxylic acids is 1. The fourth-order valence-electron chi connectivity index (χ4n) is 3.10. The molecule has 1 aromatic rings. The first-order valence-electron chi connectivity index (χ1n) is 11.5. The van der Waals surface area contributed by atoms with Gasteiger partial charge in [0.05, 0.1) is 0 Å². The second kappa shape index (κ2) is 14.2. The average Bonchev–Trinajstić information content (AvgIpc) is 3.49. The van der Waals surface area contributed by atoms with E-state index in [1.807, 2.05) is 68.6 Å². The van der Waals surface area contributed by atoms with Crippen LogP contribution >= 0.6 is 0 Å². The number of aromatic nitrogens is 1. The van der Waals surface area contributed by atoms with Crippen molar-refractivity contribution < 1.29 is 29.3 Å².